The molecule has 2 aliphatic rings. The van der Waals surface area contributed by atoms with Gasteiger partial charge in [0, 0.05) is 25.0 Å². The third-order valence-corrected chi connectivity index (χ3v) is 4.58. The van der Waals surface area contributed by atoms with E-state index >= 15 is 0 Å². The average Bonchev–Trinajstić information content (AvgIpc) is 2.62. The number of carboxylic acids is 1. The topological polar surface area (TPSA) is 116 Å². The minimum Gasteiger partial charge on any atom is -0.511 e. The van der Waals surface area contributed by atoms with Gasteiger partial charge in [0.1, 0.15) is 23.6 Å². The van der Waals surface area contributed by atoms with Crippen LogP contribution in [0, 0.1) is 0 Å². The number of nitrogens with one attached hydrogen (secondary N) is 1. The van der Waals surface area contributed by atoms with Crippen LogP contribution in [0.1, 0.15) is 25.7 Å². The number of hydrogen-bond acceptors (Lipinski definition) is 5. The second kappa shape index (κ2) is 9.98. The van der Waals surface area contributed by atoms with Crippen molar-refractivity contribution in [3.63, 3.8) is 0 Å². The van der Waals surface area contributed by atoms with Gasteiger partial charge in [-0.1, -0.05) is 11.6 Å². The van der Waals surface area contributed by atoms with Gasteiger partial charge in [-0.3, -0.25) is 14.4 Å². The van der Waals surface area contributed by atoms with Gasteiger partial charge in [0.05, 0.1) is 6.10 Å². The lowest BCUT2D eigenvalue weighted by Crippen LogP contribution is -2.41. The molecule has 0 unspecified atom stereocenters. The molecule has 1 aromatic carbocycles. The molecule has 3 N–H and O–H groups in total. The number of carbonyl (C=O) groups is 3. The van der Waals surface area contributed by atoms with Gasteiger partial charge in [-0.2, -0.15) is 0 Å². The van der Waals surface area contributed by atoms with E-state index in [4.69, 9.17) is 21.4 Å². The number of halogens is 1. The highest BCUT2D eigenvalue weighted by molar-refractivity contribution is 6.30. The second-order valence-corrected chi connectivity index (χ2v) is 6.94. The van der Waals surface area contributed by atoms with Gasteiger partial charge >= 0.3 is 5.97 Å². The lowest BCUT2D eigenvalue weighted by atomic mass is 9.96. The van der Waals surface area contributed by atoms with Crippen LogP contribution in [0.2, 0.25) is 5.02 Å². The Bertz CT molecular complexity index is 758. The minimum atomic E-state index is -1.22. The first kappa shape index (κ1) is 21.6. The number of likely N-dealkylation sites (N-methyl/N-ethyl adjacent to an activating group) is 1. The van der Waals surface area contributed by atoms with Crippen molar-refractivity contribution in [1.82, 2.24) is 10.2 Å². The smallest absolute Gasteiger partial charge is 0.322 e. The zero-order valence-electron chi connectivity index (χ0n) is 15.5. The highest BCUT2D eigenvalue weighted by Crippen LogP contribution is 2.25. The maximum atomic E-state index is 11.5. The summed E-state index contributed by atoms with van der Waals surface area (Å²) < 4.78 is 5.65. The molecule has 9 heteroatoms. The molecule has 28 heavy (non-hydrogen) atoms. The molecule has 1 fully saturated rings. The number of amides is 2. The van der Waals surface area contributed by atoms with E-state index in [0.29, 0.717) is 12.6 Å². The monoisotopic (exact) mass is 410 g/mol. The van der Waals surface area contributed by atoms with E-state index in [1.807, 2.05) is 29.6 Å². The van der Waals surface area contributed by atoms with Crippen molar-refractivity contribution >= 4 is 29.4 Å². The molecule has 0 aromatic heterocycles. The number of carbonyl (C=O) groups excluding carboxylic acids is 2. The van der Waals surface area contributed by atoms with Crippen LogP contribution in [0.3, 0.4) is 0 Å². The fourth-order valence-electron chi connectivity index (χ4n) is 2.48. The average molecular weight is 411 g/mol. The molecule has 1 aromatic rings. The predicted molar refractivity (Wildman–Crippen MR) is 102 cm³/mol. The van der Waals surface area contributed by atoms with Crippen molar-refractivity contribution < 1.29 is 29.3 Å². The molecular formula is C19H23ClN2O6. The largest absolute Gasteiger partial charge is 0.511 e. The molecule has 0 saturated heterocycles. The standard InChI is InChI=1S/C10H11ClO.C9H12N2O5/c11-8-4-6-10(7-5-8)12-9-2-1-3-9;1-11-3-2-5(12)7(9(11)16)8(15)10-4-6(13)14/h4-7,9H,1-3H2;12H,2-4H2,1H3,(H,10,15)(H,13,14). The lowest BCUT2D eigenvalue weighted by molar-refractivity contribution is -0.138. The van der Waals surface area contributed by atoms with Crippen molar-refractivity contribution in [1.29, 1.82) is 0 Å². The quantitative estimate of drug-likeness (QED) is 0.640. The Morgan fingerprint density at radius 2 is 1.93 bits per heavy atom. The van der Waals surface area contributed by atoms with Gasteiger partial charge in [0.15, 0.2) is 0 Å². The molecule has 3 rings (SSSR count). The van der Waals surface area contributed by atoms with Crippen LogP contribution in [-0.4, -0.2) is 59.1 Å². The Morgan fingerprint density at radius 1 is 1.29 bits per heavy atom. The molecule has 0 atom stereocenters. The fourth-order valence-corrected chi connectivity index (χ4v) is 2.61. The Morgan fingerprint density at radius 3 is 2.46 bits per heavy atom. The Labute approximate surface area is 167 Å². The Hall–Kier alpha value is -2.74. The van der Waals surface area contributed by atoms with E-state index in [0.717, 1.165) is 10.8 Å². The summed E-state index contributed by atoms with van der Waals surface area (Å²) in [7, 11) is 1.50. The number of aliphatic carboxylic acids is 1. The first-order chi connectivity index (χ1) is 13.3. The van der Waals surface area contributed by atoms with E-state index in [9.17, 15) is 19.5 Å². The maximum absolute atomic E-state index is 11.5. The molecular weight excluding hydrogens is 388 g/mol. The summed E-state index contributed by atoms with van der Waals surface area (Å²) in [5.74, 6) is -2.05. The van der Waals surface area contributed by atoms with Crippen LogP contribution in [0.5, 0.6) is 5.75 Å². The molecule has 2 amide bonds. The molecule has 8 nitrogen and oxygen atoms in total. The van der Waals surface area contributed by atoms with E-state index < -0.39 is 24.3 Å². The number of nitrogens with zero attached hydrogens (tertiary/aromatic N) is 1. The van der Waals surface area contributed by atoms with Gasteiger partial charge < -0.3 is 25.2 Å². The molecule has 1 aliphatic carbocycles. The van der Waals surface area contributed by atoms with Gasteiger partial charge in [0.2, 0.25) is 0 Å². The first-order valence-electron chi connectivity index (χ1n) is 8.87. The molecule has 152 valence electrons. The summed E-state index contributed by atoms with van der Waals surface area (Å²) >= 11 is 5.74. The van der Waals surface area contributed by atoms with Gasteiger partial charge in [-0.15, -0.1) is 0 Å². The highest BCUT2D eigenvalue weighted by Gasteiger charge is 2.30. The number of ether oxygens (including phenoxy) is 1. The number of rotatable bonds is 5. The van der Waals surface area contributed by atoms with Crippen LogP contribution < -0.4 is 10.1 Å². The minimum absolute atomic E-state index is 0.193. The number of aliphatic hydroxyl groups is 1. The number of hydrogen-bond donors (Lipinski definition) is 3. The summed E-state index contributed by atoms with van der Waals surface area (Å²) in [5.41, 5.74) is -0.380. The lowest BCUT2D eigenvalue weighted by Gasteiger charge is -2.26. The highest BCUT2D eigenvalue weighted by atomic mass is 35.5. The third kappa shape index (κ3) is 6.16. The van der Waals surface area contributed by atoms with Crippen LogP contribution in [0.25, 0.3) is 0 Å². The molecule has 1 heterocycles. The van der Waals surface area contributed by atoms with Crippen molar-refractivity contribution in [2.45, 2.75) is 31.8 Å². The zero-order valence-corrected chi connectivity index (χ0v) is 16.2. The van der Waals surface area contributed by atoms with Crippen LogP contribution in [0.4, 0.5) is 0 Å². The number of carboxylic acid groups (broad SMARTS) is 1. The maximum Gasteiger partial charge on any atom is 0.322 e. The van der Waals surface area contributed by atoms with Crippen molar-refractivity contribution in [2.24, 2.45) is 0 Å². The van der Waals surface area contributed by atoms with Crippen LogP contribution in [0.15, 0.2) is 35.6 Å². The summed E-state index contributed by atoms with van der Waals surface area (Å²) in [6, 6.07) is 7.55. The second-order valence-electron chi connectivity index (χ2n) is 6.50. The van der Waals surface area contributed by atoms with Crippen LogP contribution >= 0.6 is 11.6 Å². The predicted octanol–water partition coefficient (Wildman–Crippen LogP) is 2.13. The van der Waals surface area contributed by atoms with Gasteiger partial charge in [0.25, 0.3) is 11.8 Å². The van der Waals surface area contributed by atoms with E-state index in [-0.39, 0.29) is 17.8 Å². The zero-order chi connectivity index (χ0) is 20.7. The Balaban J connectivity index is 0.000000207. The third-order valence-electron chi connectivity index (χ3n) is 4.33. The first-order valence-corrected chi connectivity index (χ1v) is 9.25. The summed E-state index contributed by atoms with van der Waals surface area (Å²) in [6.45, 7) is -0.257. The van der Waals surface area contributed by atoms with Crippen molar-refractivity contribution in [3.05, 3.63) is 40.6 Å². The van der Waals surface area contributed by atoms with Crippen LogP contribution in [-0.2, 0) is 14.4 Å². The molecule has 0 spiro atoms. The molecule has 0 bridgehead atoms. The van der Waals surface area contributed by atoms with Crippen molar-refractivity contribution in [3.8, 4) is 5.75 Å². The fraction of sp³-hybridized carbons (Fsp3) is 0.421. The SMILES string of the molecule is CN1CCC(O)=C(C(=O)NCC(=O)O)C1=O.Clc1ccc(OC2CCC2)cc1. The summed E-state index contributed by atoms with van der Waals surface area (Å²) in [5, 5.41) is 20.6. The molecule has 1 saturated carbocycles. The van der Waals surface area contributed by atoms with E-state index in [2.05, 4.69) is 0 Å². The molecule has 1 aliphatic heterocycles. The van der Waals surface area contributed by atoms with Gasteiger partial charge in [-0.25, -0.2) is 0 Å². The normalized spacial score (nSPS) is 16.6. The Kier molecular flexibility index (Phi) is 7.69. The number of aliphatic hydroxyl groups excluding tert-OH is 1. The van der Waals surface area contributed by atoms with E-state index in [1.165, 1.54) is 31.2 Å². The summed E-state index contributed by atoms with van der Waals surface area (Å²) in [6.07, 6.45) is 4.34. The summed E-state index contributed by atoms with van der Waals surface area (Å²) in [4.78, 5) is 34.5. The van der Waals surface area contributed by atoms with Gasteiger partial charge in [-0.05, 0) is 43.5 Å². The van der Waals surface area contributed by atoms with E-state index in [1.54, 1.807) is 0 Å². The van der Waals surface area contributed by atoms with Crippen molar-refractivity contribution in [2.75, 3.05) is 20.1 Å². The number of benzene rings is 1. The molecule has 0 radical (unpaired) electrons.